The van der Waals surface area contributed by atoms with Gasteiger partial charge in [-0.25, -0.2) is 0 Å². The van der Waals surface area contributed by atoms with E-state index in [2.05, 4.69) is 0 Å². The molecule has 0 bridgehead atoms. The molecule has 3 rings (SSSR count). The van der Waals surface area contributed by atoms with E-state index in [-0.39, 0.29) is 22.9 Å². The van der Waals surface area contributed by atoms with E-state index in [0.717, 1.165) is 0 Å². The molecule has 0 saturated carbocycles. The van der Waals surface area contributed by atoms with Gasteiger partial charge in [0, 0.05) is 24.0 Å². The largest absolute Gasteiger partial charge is 0.177 e. The molecule has 0 radical (unpaired) electrons. The molecule has 0 aromatic heterocycles. The third-order valence-electron chi connectivity index (χ3n) is 3.92. The Morgan fingerprint density at radius 1 is 0.545 bits per heavy atom. The summed E-state index contributed by atoms with van der Waals surface area (Å²) >= 11 is 63.2. The van der Waals surface area contributed by atoms with Crippen LogP contribution in [-0.4, -0.2) is 8.67 Å². The van der Waals surface area contributed by atoms with Gasteiger partial charge >= 0.3 is 0 Å². The van der Waals surface area contributed by atoms with Gasteiger partial charge in [-0.2, -0.15) is 0 Å². The smallest absolute Gasteiger partial charge is 0.0975 e. The maximum absolute atomic E-state index is 6.46. The van der Waals surface area contributed by atoms with Gasteiger partial charge in [0.25, 0.3) is 0 Å². The average molecular weight is 503 g/mol. The maximum Gasteiger partial charge on any atom is 0.177 e. The van der Waals surface area contributed by atoms with Crippen LogP contribution in [0.2, 0.25) is 10.0 Å². The second-order valence-electron chi connectivity index (χ2n) is 5.25. The standard InChI is InChI=1S/C12H4Cl10/c13-7-3-1-9(15,16)11(19,20)5(3)8(14)4-2-10(17,18)12(21,22)6(4)7/h1-2H2. The lowest BCUT2D eigenvalue weighted by molar-refractivity contribution is 0.741. The summed E-state index contributed by atoms with van der Waals surface area (Å²) in [6, 6.07) is 0. The molecule has 0 fully saturated rings. The lowest BCUT2D eigenvalue weighted by Gasteiger charge is -2.27. The molecular weight excluding hydrogens is 499 g/mol. The van der Waals surface area contributed by atoms with Crippen LogP contribution >= 0.6 is 116 Å². The Hall–Kier alpha value is 2.12. The lowest BCUT2D eigenvalue weighted by Crippen LogP contribution is -2.29. The molecule has 1 aromatic carbocycles. The quantitative estimate of drug-likeness (QED) is 0.319. The second kappa shape index (κ2) is 5.32. The average Bonchev–Trinajstić information content (AvgIpc) is 2.63. The zero-order valence-corrected chi connectivity index (χ0v) is 17.8. The van der Waals surface area contributed by atoms with E-state index >= 15 is 0 Å². The van der Waals surface area contributed by atoms with E-state index in [1.807, 2.05) is 0 Å². The molecule has 0 saturated heterocycles. The first kappa shape index (κ1) is 18.9. The highest BCUT2D eigenvalue weighted by Crippen LogP contribution is 2.67. The zero-order chi connectivity index (χ0) is 16.9. The summed E-state index contributed by atoms with van der Waals surface area (Å²) in [7, 11) is 0. The number of alkyl halides is 8. The van der Waals surface area contributed by atoms with Crippen LogP contribution in [0.4, 0.5) is 0 Å². The Morgan fingerprint density at radius 2 is 0.818 bits per heavy atom. The fourth-order valence-corrected chi connectivity index (χ4v) is 5.85. The Labute approximate surface area is 177 Å². The fraction of sp³-hybridized carbons (Fsp3) is 0.500. The van der Waals surface area contributed by atoms with Crippen LogP contribution in [0.1, 0.15) is 22.3 Å². The Morgan fingerprint density at radius 3 is 1.09 bits per heavy atom. The first-order valence-corrected chi connectivity index (χ1v) is 9.58. The Kier molecular flexibility index (Phi) is 4.57. The van der Waals surface area contributed by atoms with Crippen LogP contribution in [0.25, 0.3) is 0 Å². The first-order valence-electron chi connectivity index (χ1n) is 5.80. The van der Waals surface area contributed by atoms with Crippen LogP contribution in [0, 0.1) is 0 Å². The van der Waals surface area contributed by atoms with E-state index in [4.69, 9.17) is 116 Å². The zero-order valence-electron chi connectivity index (χ0n) is 10.2. The van der Waals surface area contributed by atoms with Crippen LogP contribution in [0.3, 0.4) is 0 Å². The minimum Gasteiger partial charge on any atom is -0.0975 e. The van der Waals surface area contributed by atoms with Crippen LogP contribution in [0.5, 0.6) is 0 Å². The molecule has 0 aliphatic heterocycles. The minimum absolute atomic E-state index is 0.0751. The van der Waals surface area contributed by atoms with Crippen molar-refractivity contribution in [3.05, 3.63) is 32.3 Å². The van der Waals surface area contributed by atoms with Gasteiger partial charge in [0.05, 0.1) is 10.0 Å². The molecule has 10 heteroatoms. The monoisotopic (exact) mass is 498 g/mol. The van der Waals surface area contributed by atoms with Crippen LogP contribution in [0.15, 0.2) is 0 Å². The molecule has 0 unspecified atom stereocenters. The molecule has 22 heavy (non-hydrogen) atoms. The number of benzene rings is 1. The highest BCUT2D eigenvalue weighted by molar-refractivity contribution is 6.65. The number of hydrogen-bond donors (Lipinski definition) is 0. The topological polar surface area (TPSA) is 0 Å². The Balaban J connectivity index is 2.39. The third-order valence-corrected chi connectivity index (χ3v) is 9.24. The Bertz CT molecular complexity index is 628. The van der Waals surface area contributed by atoms with Crippen molar-refractivity contribution in [1.29, 1.82) is 0 Å². The molecule has 122 valence electrons. The third kappa shape index (κ3) is 2.26. The van der Waals surface area contributed by atoms with Gasteiger partial charge in [0.2, 0.25) is 0 Å². The lowest BCUT2D eigenvalue weighted by atomic mass is 10.0. The molecule has 0 atom stereocenters. The van der Waals surface area contributed by atoms with Crippen molar-refractivity contribution < 1.29 is 0 Å². The molecule has 0 N–H and O–H groups in total. The van der Waals surface area contributed by atoms with Gasteiger partial charge in [-0.1, -0.05) is 116 Å². The number of hydrogen-bond acceptors (Lipinski definition) is 0. The molecule has 0 heterocycles. The number of fused-ring (bicyclic) bond motifs is 2. The highest BCUT2D eigenvalue weighted by atomic mass is 35.5. The van der Waals surface area contributed by atoms with Crippen molar-refractivity contribution >= 4 is 116 Å². The van der Waals surface area contributed by atoms with E-state index < -0.39 is 17.3 Å². The predicted octanol–water partition coefficient (Wildman–Crippen LogP) is 7.71. The van der Waals surface area contributed by atoms with Crippen LogP contribution < -0.4 is 0 Å². The normalized spacial score (nSPS) is 25.9. The maximum atomic E-state index is 6.46. The summed E-state index contributed by atoms with van der Waals surface area (Å²) in [6.07, 6.45) is 0.150. The molecule has 0 nitrogen and oxygen atoms in total. The van der Waals surface area contributed by atoms with Gasteiger partial charge in [-0.15, -0.1) is 0 Å². The van der Waals surface area contributed by atoms with Crippen molar-refractivity contribution in [3.63, 3.8) is 0 Å². The van der Waals surface area contributed by atoms with Gasteiger partial charge in [-0.3, -0.25) is 0 Å². The highest BCUT2D eigenvalue weighted by Gasteiger charge is 2.62. The minimum atomic E-state index is -1.65. The van der Waals surface area contributed by atoms with Crippen molar-refractivity contribution in [2.75, 3.05) is 0 Å². The molecule has 1 aromatic rings. The van der Waals surface area contributed by atoms with Gasteiger partial charge < -0.3 is 0 Å². The van der Waals surface area contributed by atoms with Gasteiger partial charge in [0.15, 0.2) is 17.3 Å². The fourth-order valence-electron chi connectivity index (χ4n) is 2.80. The summed E-state index contributed by atoms with van der Waals surface area (Å²) in [6.45, 7) is 0. The first-order chi connectivity index (χ1) is 9.76. The summed E-state index contributed by atoms with van der Waals surface area (Å²) in [5.74, 6) is 0. The van der Waals surface area contributed by atoms with E-state index in [1.54, 1.807) is 0 Å². The molecule has 0 spiro atoms. The SMILES string of the molecule is Clc1c2c(c(Cl)c3c1C(Cl)(Cl)C(Cl)(Cl)C3)C(Cl)(Cl)C(Cl)(Cl)C2. The summed E-state index contributed by atoms with van der Waals surface area (Å²) in [5.41, 5.74) is 1.64. The van der Waals surface area contributed by atoms with E-state index in [9.17, 15) is 0 Å². The van der Waals surface area contributed by atoms with Crippen molar-refractivity contribution in [2.24, 2.45) is 0 Å². The molecule has 0 amide bonds. The molecular formula is C12H4Cl10. The number of rotatable bonds is 0. The van der Waals surface area contributed by atoms with Crippen molar-refractivity contribution in [1.82, 2.24) is 0 Å². The van der Waals surface area contributed by atoms with Gasteiger partial charge in [0.1, 0.15) is 0 Å². The summed E-state index contributed by atoms with van der Waals surface area (Å²) in [4.78, 5) is 0. The summed E-state index contributed by atoms with van der Waals surface area (Å²) < 4.78 is -6.29. The number of halogens is 10. The molecule has 2 aliphatic carbocycles. The van der Waals surface area contributed by atoms with Crippen molar-refractivity contribution in [2.45, 2.75) is 30.2 Å². The van der Waals surface area contributed by atoms with Gasteiger partial charge in [-0.05, 0) is 11.1 Å². The summed E-state index contributed by atoms with van der Waals surface area (Å²) in [5, 5.41) is 0.438. The molecule has 2 aliphatic rings. The second-order valence-corrected chi connectivity index (χ2v) is 11.6. The van der Waals surface area contributed by atoms with Crippen LogP contribution in [-0.2, 0) is 21.5 Å². The van der Waals surface area contributed by atoms with E-state index in [0.29, 0.717) is 22.3 Å². The predicted molar refractivity (Wildman–Crippen MR) is 99.5 cm³/mol. The van der Waals surface area contributed by atoms with E-state index in [1.165, 1.54) is 0 Å². The van der Waals surface area contributed by atoms with Crippen molar-refractivity contribution in [3.8, 4) is 0 Å².